The van der Waals surface area contributed by atoms with Crippen molar-refractivity contribution < 1.29 is 0 Å². The summed E-state index contributed by atoms with van der Waals surface area (Å²) in [6.45, 7) is 4.53. The molecule has 0 heterocycles. The van der Waals surface area contributed by atoms with Gasteiger partial charge in [-0.15, -0.1) is 12.1 Å². The van der Waals surface area contributed by atoms with Crippen LogP contribution in [-0.2, 0) is 0 Å². The average Bonchev–Trinajstić information content (AvgIpc) is 2.16. The summed E-state index contributed by atoms with van der Waals surface area (Å²) in [6, 6.07) is 10.5. The van der Waals surface area contributed by atoms with Crippen LogP contribution in [0.4, 0.5) is 0 Å². The van der Waals surface area contributed by atoms with Gasteiger partial charge < -0.3 is 0 Å². The van der Waals surface area contributed by atoms with Gasteiger partial charge in [-0.25, -0.2) is 0 Å². The topological polar surface area (TPSA) is 0 Å². The van der Waals surface area contributed by atoms with E-state index in [9.17, 15) is 0 Å². The summed E-state index contributed by atoms with van der Waals surface area (Å²) in [5.41, 5.74) is 1.35. The van der Waals surface area contributed by atoms with E-state index in [1.807, 2.05) is 0 Å². The SMILES string of the molecule is CCC(C)C[CH-]c1ccccc1. The Hall–Kier alpha value is -0.910. The van der Waals surface area contributed by atoms with Gasteiger partial charge in [-0.05, 0) is 0 Å². The van der Waals surface area contributed by atoms with Crippen molar-refractivity contribution in [2.45, 2.75) is 26.7 Å². The van der Waals surface area contributed by atoms with Gasteiger partial charge in [-0.2, -0.15) is 24.1 Å². The van der Waals surface area contributed by atoms with E-state index < -0.39 is 0 Å². The lowest BCUT2D eigenvalue weighted by molar-refractivity contribution is 0.558. The largest absolute Gasteiger partial charge is 0.192 e. The highest BCUT2D eigenvalue weighted by Gasteiger charge is 1.93. The van der Waals surface area contributed by atoms with Gasteiger partial charge in [0.2, 0.25) is 0 Å². The fourth-order valence-corrected chi connectivity index (χ4v) is 1.09. The normalized spacial score (nSPS) is 12.5. The van der Waals surface area contributed by atoms with E-state index in [1.165, 1.54) is 18.4 Å². The van der Waals surface area contributed by atoms with Crippen molar-refractivity contribution in [2.24, 2.45) is 5.92 Å². The van der Waals surface area contributed by atoms with Crippen molar-refractivity contribution in [3.63, 3.8) is 0 Å². The fourth-order valence-electron chi connectivity index (χ4n) is 1.09. The summed E-state index contributed by atoms with van der Waals surface area (Å²) >= 11 is 0. The molecular weight excluding hydrogens is 144 g/mol. The second-order valence-corrected chi connectivity index (χ2v) is 3.36. The van der Waals surface area contributed by atoms with Crippen molar-refractivity contribution in [2.75, 3.05) is 0 Å². The Kier molecular flexibility index (Phi) is 3.72. The smallest absolute Gasteiger partial charge is 0.0515 e. The van der Waals surface area contributed by atoms with Gasteiger partial charge in [0, 0.05) is 0 Å². The molecule has 0 fully saturated rings. The van der Waals surface area contributed by atoms with Crippen molar-refractivity contribution in [3.8, 4) is 0 Å². The van der Waals surface area contributed by atoms with Crippen molar-refractivity contribution in [1.29, 1.82) is 0 Å². The molecule has 0 spiro atoms. The Labute approximate surface area is 75.6 Å². The molecule has 0 nitrogen and oxygen atoms in total. The molecule has 0 heteroatoms. The average molecular weight is 161 g/mol. The lowest BCUT2D eigenvalue weighted by Gasteiger charge is -2.13. The summed E-state index contributed by atoms with van der Waals surface area (Å²) in [4.78, 5) is 0. The van der Waals surface area contributed by atoms with Crippen LogP contribution >= 0.6 is 0 Å². The molecule has 1 atom stereocenters. The highest BCUT2D eigenvalue weighted by molar-refractivity contribution is 5.22. The molecule has 0 amide bonds. The number of hydrogen-bond donors (Lipinski definition) is 0. The van der Waals surface area contributed by atoms with Gasteiger partial charge in [0.15, 0.2) is 0 Å². The van der Waals surface area contributed by atoms with Crippen LogP contribution in [-0.4, -0.2) is 0 Å². The highest BCUT2D eigenvalue weighted by Crippen LogP contribution is 2.13. The Balaban J connectivity index is 2.33. The molecule has 1 aromatic carbocycles. The standard InChI is InChI=1S/C12H17/c1-3-11(2)9-10-12-7-5-4-6-8-12/h4-8,10-11H,3,9H2,1-2H3/q-1. The van der Waals surface area contributed by atoms with Crippen LogP contribution in [0.3, 0.4) is 0 Å². The minimum Gasteiger partial charge on any atom is -0.192 e. The monoisotopic (exact) mass is 161 g/mol. The van der Waals surface area contributed by atoms with E-state index >= 15 is 0 Å². The van der Waals surface area contributed by atoms with E-state index in [1.54, 1.807) is 0 Å². The lowest BCUT2D eigenvalue weighted by atomic mass is 9.99. The third-order valence-electron chi connectivity index (χ3n) is 2.25. The second-order valence-electron chi connectivity index (χ2n) is 3.36. The molecule has 0 saturated carbocycles. The molecule has 0 radical (unpaired) electrons. The second kappa shape index (κ2) is 4.87. The maximum absolute atomic E-state index is 2.31. The van der Waals surface area contributed by atoms with E-state index in [0.717, 1.165) is 5.92 Å². The van der Waals surface area contributed by atoms with E-state index in [-0.39, 0.29) is 0 Å². The van der Waals surface area contributed by atoms with Gasteiger partial charge in [0.25, 0.3) is 0 Å². The maximum atomic E-state index is 2.31. The highest BCUT2D eigenvalue weighted by atomic mass is 14.0. The third-order valence-corrected chi connectivity index (χ3v) is 2.25. The summed E-state index contributed by atoms with van der Waals surface area (Å²) in [7, 11) is 0. The number of hydrogen-bond acceptors (Lipinski definition) is 0. The first-order chi connectivity index (χ1) is 5.83. The maximum Gasteiger partial charge on any atom is -0.0515 e. The molecule has 12 heavy (non-hydrogen) atoms. The molecular formula is C12H17-. The van der Waals surface area contributed by atoms with E-state index in [4.69, 9.17) is 0 Å². The minimum absolute atomic E-state index is 0.810. The van der Waals surface area contributed by atoms with E-state index in [0.29, 0.717) is 0 Å². The Bertz CT molecular complexity index is 201. The number of rotatable bonds is 4. The van der Waals surface area contributed by atoms with E-state index in [2.05, 4.69) is 50.6 Å². The Morgan fingerprint density at radius 3 is 2.50 bits per heavy atom. The molecule has 0 aliphatic rings. The zero-order valence-corrected chi connectivity index (χ0v) is 7.96. The molecule has 1 aromatic rings. The zero-order valence-electron chi connectivity index (χ0n) is 7.96. The predicted molar refractivity (Wildman–Crippen MR) is 53.9 cm³/mol. The first kappa shape index (κ1) is 9.18. The first-order valence-electron chi connectivity index (χ1n) is 4.71. The molecule has 0 aliphatic heterocycles. The minimum atomic E-state index is 0.810. The molecule has 1 unspecified atom stereocenters. The van der Waals surface area contributed by atoms with Gasteiger partial charge in [-0.3, -0.25) is 0 Å². The van der Waals surface area contributed by atoms with Crippen molar-refractivity contribution in [3.05, 3.63) is 42.3 Å². The predicted octanol–water partition coefficient (Wildman–Crippen LogP) is 3.68. The van der Waals surface area contributed by atoms with Crippen LogP contribution in [0.15, 0.2) is 30.3 Å². The Morgan fingerprint density at radius 2 is 1.92 bits per heavy atom. The Morgan fingerprint density at radius 1 is 1.25 bits per heavy atom. The van der Waals surface area contributed by atoms with Crippen LogP contribution < -0.4 is 0 Å². The summed E-state index contributed by atoms with van der Waals surface area (Å²) in [6.07, 6.45) is 4.78. The van der Waals surface area contributed by atoms with Crippen LogP contribution in [0.25, 0.3) is 0 Å². The molecule has 0 aliphatic carbocycles. The van der Waals surface area contributed by atoms with Crippen molar-refractivity contribution >= 4 is 0 Å². The van der Waals surface area contributed by atoms with Crippen LogP contribution in [0.1, 0.15) is 32.3 Å². The zero-order chi connectivity index (χ0) is 8.81. The molecule has 0 N–H and O–H groups in total. The summed E-state index contributed by atoms with van der Waals surface area (Å²) in [5.74, 6) is 0.810. The van der Waals surface area contributed by atoms with Crippen LogP contribution in [0.2, 0.25) is 0 Å². The lowest BCUT2D eigenvalue weighted by Crippen LogP contribution is -1.92. The summed E-state index contributed by atoms with van der Waals surface area (Å²) in [5, 5.41) is 0. The van der Waals surface area contributed by atoms with Gasteiger partial charge in [0.1, 0.15) is 0 Å². The molecule has 0 bridgehead atoms. The van der Waals surface area contributed by atoms with Crippen LogP contribution in [0.5, 0.6) is 0 Å². The van der Waals surface area contributed by atoms with Crippen molar-refractivity contribution in [1.82, 2.24) is 0 Å². The first-order valence-corrected chi connectivity index (χ1v) is 4.71. The molecule has 0 aromatic heterocycles. The number of benzene rings is 1. The quantitative estimate of drug-likeness (QED) is 0.591. The van der Waals surface area contributed by atoms with Gasteiger partial charge in [-0.1, -0.05) is 38.7 Å². The summed E-state index contributed by atoms with van der Waals surface area (Å²) < 4.78 is 0. The third kappa shape index (κ3) is 3.00. The molecule has 0 saturated heterocycles. The molecule has 1 rings (SSSR count). The van der Waals surface area contributed by atoms with Gasteiger partial charge >= 0.3 is 0 Å². The van der Waals surface area contributed by atoms with Gasteiger partial charge in [0.05, 0.1) is 0 Å². The molecule has 66 valence electrons. The van der Waals surface area contributed by atoms with Crippen LogP contribution in [0, 0.1) is 12.3 Å². The fraction of sp³-hybridized carbons (Fsp3) is 0.417.